The topological polar surface area (TPSA) is 72.6 Å². The normalized spacial score (nSPS) is 18.8. The number of benzene rings is 1. The molecule has 1 aliphatic heterocycles. The van der Waals surface area contributed by atoms with Gasteiger partial charge in [0.05, 0.1) is 18.7 Å². The Kier molecular flexibility index (Phi) is 3.75. The van der Waals surface area contributed by atoms with Gasteiger partial charge < -0.3 is 15.4 Å². The minimum Gasteiger partial charge on any atom is -0.469 e. The third-order valence-electron chi connectivity index (χ3n) is 2.99. The summed E-state index contributed by atoms with van der Waals surface area (Å²) in [5, 5.41) is 0. The van der Waals surface area contributed by atoms with Crippen LogP contribution in [-0.4, -0.2) is 25.5 Å². The first kappa shape index (κ1) is 13.8. The van der Waals surface area contributed by atoms with Gasteiger partial charge in [0.25, 0.3) is 0 Å². The molecule has 2 rings (SSSR count). The summed E-state index contributed by atoms with van der Waals surface area (Å²) in [4.78, 5) is 24.5. The van der Waals surface area contributed by atoms with Crippen LogP contribution in [0.15, 0.2) is 16.6 Å². The SMILES string of the molecule is COC(=O)C1CC(=O)N(c2c(N)cc(Br)cc2F)C1. The van der Waals surface area contributed by atoms with Crippen LogP contribution in [0.2, 0.25) is 0 Å². The van der Waals surface area contributed by atoms with Crippen molar-refractivity contribution in [3.8, 4) is 0 Å². The Morgan fingerprint density at radius 1 is 1.58 bits per heavy atom. The van der Waals surface area contributed by atoms with Crippen molar-refractivity contribution >= 4 is 39.2 Å². The first-order valence-corrected chi connectivity index (χ1v) is 6.36. The molecular formula is C12H12BrFN2O3. The lowest BCUT2D eigenvalue weighted by atomic mass is 10.1. The fourth-order valence-electron chi connectivity index (χ4n) is 2.12. The molecule has 2 N–H and O–H groups in total. The molecule has 102 valence electrons. The number of ether oxygens (including phenoxy) is 1. The molecule has 7 heteroatoms. The number of halogens is 2. The van der Waals surface area contributed by atoms with Gasteiger partial charge in [-0.15, -0.1) is 0 Å². The van der Waals surface area contributed by atoms with Crippen LogP contribution >= 0.6 is 15.9 Å². The van der Waals surface area contributed by atoms with Crippen molar-refractivity contribution in [2.24, 2.45) is 5.92 Å². The van der Waals surface area contributed by atoms with Crippen LogP contribution in [0.1, 0.15) is 6.42 Å². The number of carbonyl (C=O) groups excluding carboxylic acids is 2. The van der Waals surface area contributed by atoms with Gasteiger partial charge in [-0.1, -0.05) is 15.9 Å². The number of carbonyl (C=O) groups is 2. The van der Waals surface area contributed by atoms with E-state index >= 15 is 0 Å². The van der Waals surface area contributed by atoms with Crippen LogP contribution in [0.5, 0.6) is 0 Å². The molecule has 0 radical (unpaired) electrons. The average Bonchev–Trinajstić information content (AvgIpc) is 2.69. The van der Waals surface area contributed by atoms with Gasteiger partial charge in [-0.2, -0.15) is 0 Å². The molecule has 0 aliphatic carbocycles. The second-order valence-electron chi connectivity index (χ2n) is 4.25. The highest BCUT2D eigenvalue weighted by atomic mass is 79.9. The lowest BCUT2D eigenvalue weighted by Gasteiger charge is -2.19. The molecule has 1 aromatic rings. The number of nitrogens with zero attached hydrogens (tertiary/aromatic N) is 1. The van der Waals surface area contributed by atoms with Gasteiger partial charge in [-0.05, 0) is 12.1 Å². The van der Waals surface area contributed by atoms with Crippen molar-refractivity contribution < 1.29 is 18.7 Å². The summed E-state index contributed by atoms with van der Waals surface area (Å²) < 4.78 is 19.0. The summed E-state index contributed by atoms with van der Waals surface area (Å²) >= 11 is 3.12. The first-order chi connectivity index (χ1) is 8.93. The maximum absolute atomic E-state index is 13.9. The van der Waals surface area contributed by atoms with E-state index in [2.05, 4.69) is 20.7 Å². The third kappa shape index (κ3) is 2.56. The van der Waals surface area contributed by atoms with Gasteiger partial charge >= 0.3 is 5.97 Å². The maximum atomic E-state index is 13.9. The van der Waals surface area contributed by atoms with Crippen molar-refractivity contribution in [2.75, 3.05) is 24.3 Å². The van der Waals surface area contributed by atoms with Crippen molar-refractivity contribution in [1.82, 2.24) is 0 Å². The fraction of sp³-hybridized carbons (Fsp3) is 0.333. The Morgan fingerprint density at radius 3 is 2.84 bits per heavy atom. The van der Waals surface area contributed by atoms with E-state index in [0.29, 0.717) is 4.47 Å². The monoisotopic (exact) mass is 330 g/mol. The Balaban J connectivity index is 2.33. The number of esters is 1. The van der Waals surface area contributed by atoms with Crippen LogP contribution < -0.4 is 10.6 Å². The minimum atomic E-state index is -0.606. The summed E-state index contributed by atoms with van der Waals surface area (Å²) in [6, 6.07) is 2.74. The van der Waals surface area contributed by atoms with Crippen molar-refractivity contribution in [2.45, 2.75) is 6.42 Å². The number of rotatable bonds is 2. The first-order valence-electron chi connectivity index (χ1n) is 5.56. The van der Waals surface area contributed by atoms with E-state index in [0.717, 1.165) is 0 Å². The zero-order valence-corrected chi connectivity index (χ0v) is 11.7. The van der Waals surface area contributed by atoms with Crippen molar-refractivity contribution in [3.05, 3.63) is 22.4 Å². The summed E-state index contributed by atoms with van der Waals surface area (Å²) in [6.45, 7) is 0.0776. The van der Waals surface area contributed by atoms with Gasteiger partial charge in [0.1, 0.15) is 11.5 Å². The largest absolute Gasteiger partial charge is 0.469 e. The van der Waals surface area contributed by atoms with E-state index in [-0.39, 0.29) is 30.2 Å². The minimum absolute atomic E-state index is 0.00160. The number of nitrogens with two attached hydrogens (primary N) is 1. The van der Waals surface area contributed by atoms with E-state index in [1.807, 2.05) is 0 Å². The van der Waals surface area contributed by atoms with E-state index < -0.39 is 17.7 Å². The molecule has 1 atom stereocenters. The zero-order chi connectivity index (χ0) is 14.2. The zero-order valence-electron chi connectivity index (χ0n) is 10.2. The molecule has 1 fully saturated rings. The second-order valence-corrected chi connectivity index (χ2v) is 5.17. The number of amides is 1. The molecule has 0 aromatic heterocycles. The average molecular weight is 331 g/mol. The molecule has 1 saturated heterocycles. The Bertz CT molecular complexity index is 527. The molecule has 0 bridgehead atoms. The van der Waals surface area contributed by atoms with Crippen LogP contribution in [0.25, 0.3) is 0 Å². The lowest BCUT2D eigenvalue weighted by Crippen LogP contribution is -2.28. The highest BCUT2D eigenvalue weighted by Gasteiger charge is 2.37. The Morgan fingerprint density at radius 2 is 2.26 bits per heavy atom. The predicted molar refractivity (Wildman–Crippen MR) is 71.0 cm³/mol. The summed E-state index contributed by atoms with van der Waals surface area (Å²) in [6.07, 6.45) is 0.00160. The predicted octanol–water partition coefficient (Wildman–Crippen LogP) is 1.70. The number of hydrogen-bond donors (Lipinski definition) is 1. The second kappa shape index (κ2) is 5.16. The smallest absolute Gasteiger partial charge is 0.311 e. The van der Waals surface area contributed by atoms with Crippen molar-refractivity contribution in [3.63, 3.8) is 0 Å². The van der Waals surface area contributed by atoms with Crippen LogP contribution in [-0.2, 0) is 14.3 Å². The van der Waals surface area contributed by atoms with Gasteiger partial charge in [0.15, 0.2) is 0 Å². The molecule has 1 aromatic carbocycles. The number of hydrogen-bond acceptors (Lipinski definition) is 4. The molecule has 1 heterocycles. The Hall–Kier alpha value is -1.63. The number of methoxy groups -OCH3 is 1. The molecule has 1 aliphatic rings. The van der Waals surface area contributed by atoms with E-state index in [1.165, 1.54) is 24.1 Å². The van der Waals surface area contributed by atoms with Gasteiger partial charge in [0, 0.05) is 17.4 Å². The molecule has 1 amide bonds. The Labute approximate surface area is 117 Å². The van der Waals surface area contributed by atoms with Crippen LogP contribution in [0.4, 0.5) is 15.8 Å². The van der Waals surface area contributed by atoms with Gasteiger partial charge in [-0.3, -0.25) is 9.59 Å². The lowest BCUT2D eigenvalue weighted by molar-refractivity contribution is -0.145. The van der Waals surface area contributed by atoms with Crippen molar-refractivity contribution in [1.29, 1.82) is 0 Å². The van der Waals surface area contributed by atoms with Crippen LogP contribution in [0, 0.1) is 11.7 Å². The highest BCUT2D eigenvalue weighted by molar-refractivity contribution is 9.10. The van der Waals surface area contributed by atoms with E-state index in [9.17, 15) is 14.0 Å². The van der Waals surface area contributed by atoms with E-state index in [4.69, 9.17) is 5.73 Å². The standard InChI is InChI=1S/C12H12BrFN2O3/c1-19-12(18)6-2-10(17)16(5-6)11-8(14)3-7(13)4-9(11)15/h3-4,6H,2,5,15H2,1H3. The number of nitrogen functional groups attached to an aromatic ring is 1. The van der Waals surface area contributed by atoms with E-state index in [1.54, 1.807) is 0 Å². The number of anilines is 2. The van der Waals surface area contributed by atoms with Crippen LogP contribution in [0.3, 0.4) is 0 Å². The highest BCUT2D eigenvalue weighted by Crippen LogP contribution is 2.34. The molecule has 0 spiro atoms. The molecule has 5 nitrogen and oxygen atoms in total. The molecule has 0 saturated carbocycles. The fourth-order valence-corrected chi connectivity index (χ4v) is 2.57. The summed E-state index contributed by atoms with van der Waals surface area (Å²) in [5.41, 5.74) is 5.90. The molecule has 19 heavy (non-hydrogen) atoms. The van der Waals surface area contributed by atoms with Gasteiger partial charge in [0.2, 0.25) is 5.91 Å². The van der Waals surface area contributed by atoms with Gasteiger partial charge in [-0.25, -0.2) is 4.39 Å². The maximum Gasteiger partial charge on any atom is 0.311 e. The third-order valence-corrected chi connectivity index (χ3v) is 3.44. The molecular weight excluding hydrogens is 319 g/mol. The summed E-state index contributed by atoms with van der Waals surface area (Å²) in [7, 11) is 1.25. The molecule has 1 unspecified atom stereocenters. The summed E-state index contributed by atoms with van der Waals surface area (Å²) in [5.74, 6) is -2.01. The quantitative estimate of drug-likeness (QED) is 0.661.